The number of halogens is 5. The number of alkyl halides is 5. The Morgan fingerprint density at radius 3 is 2.66 bits per heavy atom. The Hall–Kier alpha value is -3.89. The summed E-state index contributed by atoms with van der Waals surface area (Å²) < 4.78 is 79.8. The Morgan fingerprint density at radius 2 is 2.02 bits per heavy atom. The van der Waals surface area contributed by atoms with Crippen LogP contribution in [0.1, 0.15) is 66.2 Å². The largest absolute Gasteiger partial charge is 0.416 e. The lowest BCUT2D eigenvalue weighted by Crippen LogP contribution is -2.58. The van der Waals surface area contributed by atoms with E-state index in [4.69, 9.17) is 4.74 Å². The van der Waals surface area contributed by atoms with Gasteiger partial charge < -0.3 is 20.3 Å². The highest BCUT2D eigenvalue weighted by molar-refractivity contribution is 5.93. The van der Waals surface area contributed by atoms with Crippen molar-refractivity contribution < 1.29 is 40.9 Å². The highest BCUT2D eigenvalue weighted by Crippen LogP contribution is 2.46. The maximum atomic E-state index is 14.2. The number of ether oxygens (including phenoxy) is 1. The van der Waals surface area contributed by atoms with Crippen molar-refractivity contribution in [2.24, 2.45) is 5.92 Å². The molecule has 0 aromatic carbocycles. The third-order valence-corrected chi connectivity index (χ3v) is 7.09. The summed E-state index contributed by atoms with van der Waals surface area (Å²) in [5.74, 6) is -3.93. The highest BCUT2D eigenvalue weighted by Gasteiger charge is 2.49. The molecule has 3 aromatic heterocycles. The number of nitrogens with zero attached hydrogens (tertiary/aromatic N) is 6. The van der Waals surface area contributed by atoms with Crippen LogP contribution < -0.4 is 10.6 Å². The van der Waals surface area contributed by atoms with Gasteiger partial charge in [-0.1, -0.05) is 5.16 Å². The SMILES string of the molecule is Cc1nonc1C(=O)NC(COC(C)(C)C(F)(F)F)c1cn2ncc([C@@H](C3CC3)N3CC(F)(F)CNC3=O)cc2n1. The van der Waals surface area contributed by atoms with Crippen molar-refractivity contribution in [3.63, 3.8) is 0 Å². The minimum Gasteiger partial charge on any atom is -0.364 e. The van der Waals surface area contributed by atoms with Crippen LogP contribution in [0.5, 0.6) is 0 Å². The molecule has 1 saturated heterocycles. The highest BCUT2D eigenvalue weighted by atomic mass is 19.4. The molecule has 2 fully saturated rings. The first-order valence-corrected chi connectivity index (χ1v) is 12.7. The zero-order valence-corrected chi connectivity index (χ0v) is 22.2. The molecule has 0 radical (unpaired) electrons. The number of fused-ring (bicyclic) bond motifs is 1. The standard InChI is InChI=1S/C24H27F5N8O4/c1-12-18(35-41-34-12)20(38)33-16(9-40-22(2,3)24(27,28)29)15-8-37-17(32-15)6-14(7-31-37)19(13-4-5-13)36-11-23(25,26)10-30-21(36)39/h6-8,13,16,19H,4-5,9-11H2,1-3H3,(H,30,39)(H,33,38)/t16?,19-/m1/s1. The fourth-order valence-corrected chi connectivity index (χ4v) is 4.50. The molecule has 1 aliphatic heterocycles. The van der Waals surface area contributed by atoms with E-state index in [0.717, 1.165) is 31.6 Å². The average Bonchev–Trinajstić information content (AvgIpc) is 3.46. The number of nitrogens with one attached hydrogen (secondary N) is 2. The van der Waals surface area contributed by atoms with E-state index in [1.54, 1.807) is 6.07 Å². The number of carbonyl (C=O) groups is 2. The third kappa shape index (κ3) is 5.94. The molecule has 0 spiro atoms. The Bertz CT molecular complexity index is 1450. The molecular formula is C24H27F5N8O4. The number of hydrogen-bond acceptors (Lipinski definition) is 8. The molecule has 41 heavy (non-hydrogen) atoms. The van der Waals surface area contributed by atoms with Crippen molar-refractivity contribution in [3.05, 3.63) is 41.1 Å². The predicted molar refractivity (Wildman–Crippen MR) is 129 cm³/mol. The molecule has 1 unspecified atom stereocenters. The number of rotatable bonds is 9. The van der Waals surface area contributed by atoms with Crippen LogP contribution in [0.3, 0.4) is 0 Å². The zero-order valence-electron chi connectivity index (χ0n) is 22.2. The van der Waals surface area contributed by atoms with Gasteiger partial charge in [-0.15, -0.1) is 0 Å². The molecule has 1 saturated carbocycles. The molecule has 12 nitrogen and oxygen atoms in total. The van der Waals surface area contributed by atoms with Gasteiger partial charge >= 0.3 is 12.2 Å². The van der Waals surface area contributed by atoms with E-state index in [1.807, 2.05) is 0 Å². The van der Waals surface area contributed by atoms with Gasteiger partial charge in [-0.05, 0) is 56.3 Å². The van der Waals surface area contributed by atoms with Crippen molar-refractivity contribution >= 4 is 17.6 Å². The van der Waals surface area contributed by atoms with Crippen LogP contribution in [0, 0.1) is 12.8 Å². The number of carbonyl (C=O) groups excluding carboxylic acids is 2. The first kappa shape index (κ1) is 28.6. The van der Waals surface area contributed by atoms with Gasteiger partial charge in [-0.3, -0.25) is 4.79 Å². The van der Waals surface area contributed by atoms with Crippen LogP contribution in [0.2, 0.25) is 0 Å². The zero-order chi connectivity index (χ0) is 29.7. The van der Waals surface area contributed by atoms with Crippen molar-refractivity contribution in [2.45, 2.75) is 63.4 Å². The molecule has 5 rings (SSSR count). The van der Waals surface area contributed by atoms with Gasteiger partial charge in [0.05, 0.1) is 49.9 Å². The van der Waals surface area contributed by atoms with E-state index in [2.05, 4.69) is 35.7 Å². The minimum atomic E-state index is -4.70. The lowest BCUT2D eigenvalue weighted by atomic mass is 10.0. The van der Waals surface area contributed by atoms with Crippen molar-refractivity contribution in [1.29, 1.82) is 0 Å². The van der Waals surface area contributed by atoms with Crippen LogP contribution in [-0.4, -0.2) is 79.1 Å². The van der Waals surface area contributed by atoms with Gasteiger partial charge in [0.1, 0.15) is 5.69 Å². The van der Waals surface area contributed by atoms with Gasteiger partial charge in [0, 0.05) is 0 Å². The lowest BCUT2D eigenvalue weighted by molar-refractivity contribution is -0.265. The number of imidazole rings is 1. The summed E-state index contributed by atoms with van der Waals surface area (Å²) >= 11 is 0. The first-order valence-electron chi connectivity index (χ1n) is 12.7. The van der Waals surface area contributed by atoms with E-state index in [0.29, 0.717) is 5.56 Å². The minimum absolute atomic E-state index is 0.0438. The fourth-order valence-electron chi connectivity index (χ4n) is 4.50. The maximum Gasteiger partial charge on any atom is 0.416 e. The van der Waals surface area contributed by atoms with E-state index in [-0.39, 0.29) is 28.6 Å². The summed E-state index contributed by atoms with van der Waals surface area (Å²) in [6.07, 6.45) is -0.388. The molecule has 2 N–H and O–H groups in total. The second-order valence-corrected chi connectivity index (χ2v) is 10.7. The van der Waals surface area contributed by atoms with Crippen molar-refractivity contribution in [3.8, 4) is 0 Å². The van der Waals surface area contributed by atoms with E-state index >= 15 is 0 Å². The summed E-state index contributed by atoms with van der Waals surface area (Å²) in [4.78, 5) is 30.9. The van der Waals surface area contributed by atoms with Crippen LogP contribution in [0.4, 0.5) is 26.7 Å². The fraction of sp³-hybridized carbons (Fsp3) is 0.583. The van der Waals surface area contributed by atoms with Gasteiger partial charge in [0.2, 0.25) is 0 Å². The van der Waals surface area contributed by atoms with E-state index in [1.165, 1.54) is 23.8 Å². The summed E-state index contributed by atoms with van der Waals surface area (Å²) in [7, 11) is 0. The van der Waals surface area contributed by atoms with Gasteiger partial charge in [-0.25, -0.2) is 27.7 Å². The van der Waals surface area contributed by atoms with Crippen LogP contribution in [-0.2, 0) is 4.74 Å². The monoisotopic (exact) mass is 586 g/mol. The molecule has 222 valence electrons. The lowest BCUT2D eigenvalue weighted by Gasteiger charge is -2.38. The molecule has 17 heteroatoms. The Kier molecular flexibility index (Phi) is 7.11. The number of amides is 3. The summed E-state index contributed by atoms with van der Waals surface area (Å²) in [5.41, 5.74) is -1.73. The number of aromatic nitrogens is 5. The van der Waals surface area contributed by atoms with E-state index < -0.39 is 61.4 Å². The maximum absolute atomic E-state index is 14.2. The molecule has 0 bridgehead atoms. The normalized spacial score (nSPS) is 19.2. The van der Waals surface area contributed by atoms with Crippen molar-refractivity contribution in [2.75, 3.05) is 19.7 Å². The molecule has 2 aliphatic rings. The average molecular weight is 587 g/mol. The van der Waals surface area contributed by atoms with Crippen LogP contribution >= 0.6 is 0 Å². The Balaban J connectivity index is 1.45. The quantitative estimate of drug-likeness (QED) is 0.364. The molecule has 3 aromatic rings. The number of aryl methyl sites for hydroxylation is 1. The van der Waals surface area contributed by atoms with Gasteiger partial charge in [-0.2, -0.15) is 18.3 Å². The third-order valence-electron chi connectivity index (χ3n) is 7.09. The topological polar surface area (TPSA) is 140 Å². The molecule has 2 atom stereocenters. The summed E-state index contributed by atoms with van der Waals surface area (Å²) in [6, 6.07) is -0.893. The molecular weight excluding hydrogens is 559 g/mol. The predicted octanol–water partition coefficient (Wildman–Crippen LogP) is 3.36. The van der Waals surface area contributed by atoms with Gasteiger partial charge in [0.15, 0.2) is 16.9 Å². The molecule has 1 aliphatic carbocycles. The number of hydrogen-bond donors (Lipinski definition) is 2. The summed E-state index contributed by atoms with van der Waals surface area (Å²) in [5, 5.41) is 16.1. The van der Waals surface area contributed by atoms with Gasteiger partial charge in [0.25, 0.3) is 11.8 Å². The molecule has 3 amide bonds. The van der Waals surface area contributed by atoms with Crippen LogP contribution in [0.25, 0.3) is 5.65 Å². The first-order chi connectivity index (χ1) is 19.1. The second-order valence-electron chi connectivity index (χ2n) is 10.7. The molecule has 4 heterocycles. The van der Waals surface area contributed by atoms with Crippen LogP contribution in [0.15, 0.2) is 23.1 Å². The summed E-state index contributed by atoms with van der Waals surface area (Å²) in [6.45, 7) is 1.06. The Morgan fingerprint density at radius 1 is 1.29 bits per heavy atom. The smallest absolute Gasteiger partial charge is 0.364 e. The Labute approximate surface area is 229 Å². The van der Waals surface area contributed by atoms with E-state index in [9.17, 15) is 31.5 Å². The second kappa shape index (κ2) is 10.2. The van der Waals surface area contributed by atoms with Crippen molar-refractivity contribution in [1.82, 2.24) is 40.4 Å². The number of urea groups is 1.